The summed E-state index contributed by atoms with van der Waals surface area (Å²) in [5.74, 6) is 0.879. The topological polar surface area (TPSA) is 76.1 Å². The molecule has 1 amide bonds. The van der Waals surface area contributed by atoms with Crippen LogP contribution in [0.3, 0.4) is 0 Å². The van der Waals surface area contributed by atoms with Crippen LogP contribution in [-0.2, 0) is 6.54 Å². The molecular weight excluding hydrogens is 328 g/mol. The molecule has 0 bridgehead atoms. The fourth-order valence-electron chi connectivity index (χ4n) is 2.42. The monoisotopic (exact) mass is 348 g/mol. The van der Waals surface area contributed by atoms with Gasteiger partial charge in [-0.1, -0.05) is 30.3 Å². The summed E-state index contributed by atoms with van der Waals surface area (Å²) in [5.41, 5.74) is 3.41. The molecule has 3 rings (SSSR count). The summed E-state index contributed by atoms with van der Waals surface area (Å²) >= 11 is 0. The maximum atomic E-state index is 12.3. The number of nitrogens with one attached hydrogen (secondary N) is 2. The minimum absolute atomic E-state index is 0.274. The van der Waals surface area contributed by atoms with E-state index >= 15 is 0 Å². The van der Waals surface area contributed by atoms with E-state index in [2.05, 4.69) is 39.7 Å². The molecule has 0 saturated heterocycles. The molecule has 0 saturated carbocycles. The highest BCUT2D eigenvalue weighted by atomic mass is 16.5. The molecule has 2 N–H and O–H groups in total. The lowest BCUT2D eigenvalue weighted by molar-refractivity contribution is 0.102. The van der Waals surface area contributed by atoms with Crippen molar-refractivity contribution >= 4 is 17.5 Å². The first kappa shape index (κ1) is 17.4. The van der Waals surface area contributed by atoms with Crippen molar-refractivity contribution < 1.29 is 9.53 Å². The first-order valence-corrected chi connectivity index (χ1v) is 8.21. The van der Waals surface area contributed by atoms with Gasteiger partial charge in [0.05, 0.1) is 12.7 Å². The fraction of sp³-hybridized carbons (Fsp3) is 0.150. The molecule has 0 aliphatic rings. The molecule has 132 valence electrons. The summed E-state index contributed by atoms with van der Waals surface area (Å²) < 4.78 is 5.15. The molecule has 26 heavy (non-hydrogen) atoms. The van der Waals surface area contributed by atoms with Gasteiger partial charge in [-0.05, 0) is 30.2 Å². The summed E-state index contributed by atoms with van der Waals surface area (Å²) in [6.45, 7) is 2.69. The van der Waals surface area contributed by atoms with Crippen molar-refractivity contribution in [3.63, 3.8) is 0 Å². The Morgan fingerprint density at radius 3 is 2.58 bits per heavy atom. The molecule has 2 aromatic carbocycles. The van der Waals surface area contributed by atoms with E-state index in [0.717, 1.165) is 0 Å². The van der Waals surface area contributed by atoms with Crippen LogP contribution in [0.25, 0.3) is 0 Å². The lowest BCUT2D eigenvalue weighted by Gasteiger charge is -2.09. The second kappa shape index (κ2) is 8.11. The van der Waals surface area contributed by atoms with Gasteiger partial charge in [-0.2, -0.15) is 0 Å². The minimum Gasteiger partial charge on any atom is -0.497 e. The highest BCUT2D eigenvalue weighted by Crippen LogP contribution is 2.17. The van der Waals surface area contributed by atoms with Crippen molar-refractivity contribution in [1.29, 1.82) is 0 Å². The number of methoxy groups -OCH3 is 1. The van der Waals surface area contributed by atoms with Gasteiger partial charge in [0.2, 0.25) is 5.95 Å². The molecular formula is C20H20N4O2. The molecule has 0 spiro atoms. The number of aromatic nitrogens is 2. The Morgan fingerprint density at radius 1 is 1.08 bits per heavy atom. The molecule has 6 heteroatoms. The number of carbonyl (C=O) groups excluding carboxylic acids is 1. The largest absolute Gasteiger partial charge is 0.497 e. The third-order valence-corrected chi connectivity index (χ3v) is 3.94. The molecule has 0 aliphatic heterocycles. The predicted octanol–water partition coefficient (Wildman–Crippen LogP) is 3.66. The van der Waals surface area contributed by atoms with Gasteiger partial charge < -0.3 is 15.4 Å². The van der Waals surface area contributed by atoms with Crippen LogP contribution in [-0.4, -0.2) is 23.0 Å². The molecule has 0 atom stereocenters. The Balaban J connectivity index is 1.61. The smallest absolute Gasteiger partial charge is 0.258 e. The molecule has 6 nitrogen and oxygen atoms in total. The van der Waals surface area contributed by atoms with E-state index in [-0.39, 0.29) is 5.91 Å². The van der Waals surface area contributed by atoms with Crippen molar-refractivity contribution in [3.8, 4) is 5.75 Å². The van der Waals surface area contributed by atoms with E-state index < -0.39 is 0 Å². The fourth-order valence-corrected chi connectivity index (χ4v) is 2.42. The van der Waals surface area contributed by atoms with Gasteiger partial charge in [0.25, 0.3) is 5.91 Å². The van der Waals surface area contributed by atoms with Gasteiger partial charge in [0.1, 0.15) is 5.75 Å². The summed E-state index contributed by atoms with van der Waals surface area (Å²) in [4.78, 5) is 20.7. The number of hydrogen-bond donors (Lipinski definition) is 2. The third kappa shape index (κ3) is 4.36. The van der Waals surface area contributed by atoms with Crippen LogP contribution in [0.5, 0.6) is 5.75 Å². The molecule has 0 unspecified atom stereocenters. The SMILES string of the molecule is COc1cccc(NC(=O)c2cnc(NCc3ccccc3C)nc2)c1. The van der Waals surface area contributed by atoms with Crippen molar-refractivity contribution in [1.82, 2.24) is 9.97 Å². The number of ether oxygens (including phenoxy) is 1. The Kier molecular flexibility index (Phi) is 5.43. The Bertz CT molecular complexity index is 894. The van der Waals surface area contributed by atoms with E-state index in [0.29, 0.717) is 29.5 Å². The Morgan fingerprint density at radius 2 is 1.85 bits per heavy atom. The third-order valence-electron chi connectivity index (χ3n) is 3.94. The molecule has 3 aromatic rings. The minimum atomic E-state index is -0.274. The first-order chi connectivity index (χ1) is 12.7. The first-order valence-electron chi connectivity index (χ1n) is 8.21. The highest BCUT2D eigenvalue weighted by molar-refractivity contribution is 6.03. The van der Waals surface area contributed by atoms with Crippen LogP contribution < -0.4 is 15.4 Å². The predicted molar refractivity (Wildman–Crippen MR) is 101 cm³/mol. The van der Waals surface area contributed by atoms with Gasteiger partial charge in [0, 0.05) is 30.7 Å². The second-order valence-electron chi connectivity index (χ2n) is 5.76. The van der Waals surface area contributed by atoms with E-state index in [4.69, 9.17) is 4.74 Å². The van der Waals surface area contributed by atoms with Gasteiger partial charge in [-0.3, -0.25) is 4.79 Å². The van der Waals surface area contributed by atoms with E-state index in [1.807, 2.05) is 24.3 Å². The number of carbonyl (C=O) groups is 1. The summed E-state index contributed by atoms with van der Waals surface area (Å²) in [5, 5.41) is 5.96. The zero-order valence-corrected chi connectivity index (χ0v) is 14.7. The molecule has 1 heterocycles. The molecule has 0 fully saturated rings. The zero-order valence-electron chi connectivity index (χ0n) is 14.7. The van der Waals surface area contributed by atoms with Crippen molar-refractivity contribution in [3.05, 3.63) is 77.6 Å². The lowest BCUT2D eigenvalue weighted by Crippen LogP contribution is -2.13. The van der Waals surface area contributed by atoms with E-state index in [9.17, 15) is 4.79 Å². The number of nitrogens with zero attached hydrogens (tertiary/aromatic N) is 2. The summed E-state index contributed by atoms with van der Waals surface area (Å²) in [6, 6.07) is 15.3. The van der Waals surface area contributed by atoms with Crippen LogP contribution in [0.2, 0.25) is 0 Å². The maximum absolute atomic E-state index is 12.3. The molecule has 0 radical (unpaired) electrons. The lowest BCUT2D eigenvalue weighted by atomic mass is 10.1. The summed E-state index contributed by atoms with van der Waals surface area (Å²) in [7, 11) is 1.58. The van der Waals surface area contributed by atoms with Crippen molar-refractivity contribution in [2.24, 2.45) is 0 Å². The number of aryl methyl sites for hydroxylation is 1. The Hall–Kier alpha value is -3.41. The number of rotatable bonds is 6. The zero-order chi connectivity index (χ0) is 18.4. The van der Waals surface area contributed by atoms with Crippen LogP contribution in [0.4, 0.5) is 11.6 Å². The van der Waals surface area contributed by atoms with Crippen molar-refractivity contribution in [2.75, 3.05) is 17.7 Å². The number of benzene rings is 2. The number of hydrogen-bond acceptors (Lipinski definition) is 5. The van der Waals surface area contributed by atoms with Crippen molar-refractivity contribution in [2.45, 2.75) is 13.5 Å². The molecule has 0 aliphatic carbocycles. The van der Waals surface area contributed by atoms with Gasteiger partial charge >= 0.3 is 0 Å². The highest BCUT2D eigenvalue weighted by Gasteiger charge is 2.08. The average molecular weight is 348 g/mol. The average Bonchev–Trinajstić information content (AvgIpc) is 2.68. The van der Waals surface area contributed by atoms with Gasteiger partial charge in [-0.25, -0.2) is 9.97 Å². The van der Waals surface area contributed by atoms with Crippen LogP contribution >= 0.6 is 0 Å². The van der Waals surface area contributed by atoms with E-state index in [1.54, 1.807) is 19.2 Å². The Labute approximate surface area is 152 Å². The number of anilines is 2. The number of amides is 1. The van der Waals surface area contributed by atoms with Gasteiger partial charge in [-0.15, -0.1) is 0 Å². The second-order valence-corrected chi connectivity index (χ2v) is 5.76. The van der Waals surface area contributed by atoms with E-state index in [1.165, 1.54) is 23.5 Å². The van der Waals surface area contributed by atoms with Crippen LogP contribution in [0, 0.1) is 6.92 Å². The van der Waals surface area contributed by atoms with Crippen LogP contribution in [0.1, 0.15) is 21.5 Å². The quantitative estimate of drug-likeness (QED) is 0.711. The normalized spacial score (nSPS) is 10.2. The summed E-state index contributed by atoms with van der Waals surface area (Å²) in [6.07, 6.45) is 3.01. The van der Waals surface area contributed by atoms with Gasteiger partial charge in [0.15, 0.2) is 0 Å². The standard InChI is InChI=1S/C20H20N4O2/c1-14-6-3-4-7-15(14)11-21-20-22-12-16(13-23-20)19(25)24-17-8-5-9-18(10-17)26-2/h3-10,12-13H,11H2,1-2H3,(H,24,25)(H,21,22,23). The maximum Gasteiger partial charge on any atom is 0.258 e. The van der Waals surface area contributed by atoms with Crippen LogP contribution in [0.15, 0.2) is 60.9 Å². The molecule has 1 aromatic heterocycles.